The van der Waals surface area contributed by atoms with Crippen molar-refractivity contribution in [3.8, 4) is 0 Å². The summed E-state index contributed by atoms with van der Waals surface area (Å²) in [6.45, 7) is 4.72. The van der Waals surface area contributed by atoms with Crippen LogP contribution < -0.4 is 37.7 Å². The summed E-state index contributed by atoms with van der Waals surface area (Å²) in [6, 6.07) is 4.85. The van der Waals surface area contributed by atoms with Crippen molar-refractivity contribution >= 4 is 46.7 Å². The summed E-state index contributed by atoms with van der Waals surface area (Å²) < 4.78 is 103. The van der Waals surface area contributed by atoms with Crippen LogP contribution in [0, 0.1) is 0 Å². The Hall–Kier alpha value is -0.635. The van der Waals surface area contributed by atoms with Gasteiger partial charge in [-0.2, -0.15) is 8.42 Å². The molecule has 2 rings (SSSR count). The Morgan fingerprint density at radius 2 is 1.26 bits per heavy atom. The third-order valence-corrected chi connectivity index (χ3v) is 6.28. The number of benzene rings is 2. The predicted octanol–water partition coefficient (Wildman–Crippen LogP) is -5.06. The van der Waals surface area contributed by atoms with Gasteiger partial charge in [0.2, 0.25) is 0 Å². The van der Waals surface area contributed by atoms with Gasteiger partial charge in [0, 0.05) is 10.9 Å². The normalized spacial score (nSPS) is 12.1. The second-order valence-electron chi connectivity index (χ2n) is 5.07. The fourth-order valence-electron chi connectivity index (χ4n) is 2.51. The van der Waals surface area contributed by atoms with Gasteiger partial charge in [0.25, 0.3) is 10.1 Å². The molecule has 136 valence electrons. The molecule has 0 aliphatic heterocycles. The quantitative estimate of drug-likeness (QED) is 0.376. The van der Waals surface area contributed by atoms with Gasteiger partial charge in [-0.1, -0.05) is 30.8 Å². The molecule has 1 N–H and O–H groups in total. The molecule has 0 atom stereocenters. The summed E-state index contributed by atoms with van der Waals surface area (Å²) >= 11 is 0. The molecule has 0 aromatic heterocycles. The van der Waals surface area contributed by atoms with Crippen LogP contribution in [0.1, 0.15) is 12.5 Å². The van der Waals surface area contributed by atoms with Gasteiger partial charge < -0.3 is 9.11 Å². The van der Waals surface area contributed by atoms with E-state index in [-0.39, 0.29) is 48.7 Å². The van der Waals surface area contributed by atoms with Gasteiger partial charge in [0.15, 0.2) is 0 Å². The van der Waals surface area contributed by atoms with Crippen LogP contribution in [0.4, 0.5) is 0 Å². The molecule has 2 aromatic rings. The summed E-state index contributed by atoms with van der Waals surface area (Å²) in [6.07, 6.45) is 0. The van der Waals surface area contributed by atoms with E-state index < -0.39 is 56.0 Å². The maximum Gasteiger partial charge on any atom is 1.00 e. The molecule has 0 aliphatic carbocycles. The largest absolute Gasteiger partial charge is 1.00 e. The van der Waals surface area contributed by atoms with Gasteiger partial charge in [-0.05, 0) is 17.9 Å². The molecule has 0 amide bonds. The van der Waals surface area contributed by atoms with Crippen molar-refractivity contribution in [1.29, 1.82) is 0 Å². The number of rotatable bonds is 4. The minimum absolute atomic E-state index is 0. The molecule has 14 heteroatoms. The Morgan fingerprint density at radius 1 is 0.852 bits per heavy atom. The molecule has 0 fully saturated rings. The van der Waals surface area contributed by atoms with Crippen LogP contribution in [0.5, 0.6) is 0 Å². The molecule has 0 saturated carbocycles. The Labute approximate surface area is 180 Å². The molecule has 0 saturated heterocycles. The standard InChI is InChI=1S/C13H12O9S3.2Li/c1-7(2)10-8-5-3-4-6-9(8)11(23(14,15)16)13(25(20,21)22)12(10)24(17,18)19;;/h3-6H,1H2,2H3,(H,14,15,16)(H,17,18,19)(H,20,21,22);;/q;2*+1/p-2. The van der Waals surface area contributed by atoms with Gasteiger partial charge in [-0.15, -0.1) is 0 Å². The number of hydrogen-bond donors (Lipinski definition) is 1. The zero-order valence-corrected chi connectivity index (χ0v) is 16.9. The van der Waals surface area contributed by atoms with E-state index in [1.54, 1.807) is 0 Å². The fraction of sp³-hybridized carbons (Fsp3) is 0.0769. The van der Waals surface area contributed by atoms with E-state index in [2.05, 4.69) is 6.58 Å². The summed E-state index contributed by atoms with van der Waals surface area (Å²) in [5, 5.41) is -0.651. The van der Waals surface area contributed by atoms with Gasteiger partial charge in [0.1, 0.15) is 25.1 Å². The van der Waals surface area contributed by atoms with Crippen molar-refractivity contribution in [2.24, 2.45) is 0 Å². The average Bonchev–Trinajstić information content (AvgIpc) is 2.41. The van der Waals surface area contributed by atoms with Crippen molar-refractivity contribution in [2.75, 3.05) is 0 Å². The fourth-order valence-corrected chi connectivity index (χ4v) is 6.13. The van der Waals surface area contributed by atoms with Gasteiger partial charge in [0.05, 0.1) is 9.79 Å². The molecular formula is C13H10Li2O9S3. The molecule has 27 heavy (non-hydrogen) atoms. The molecule has 0 bridgehead atoms. The SMILES string of the molecule is C=C(C)c1c(S(=O)(=O)O)c(S(=O)(=O)[O-])c(S(=O)(=O)[O-])c2ccccc12.[Li+].[Li+]. The average molecular weight is 420 g/mol. The van der Waals surface area contributed by atoms with E-state index in [1.165, 1.54) is 25.1 Å². The van der Waals surface area contributed by atoms with Crippen molar-refractivity contribution in [3.63, 3.8) is 0 Å². The van der Waals surface area contributed by atoms with Crippen LogP contribution in [0.15, 0.2) is 45.5 Å². The Bertz CT molecular complexity index is 1230. The summed E-state index contributed by atoms with van der Waals surface area (Å²) in [5.41, 5.74) is -0.552. The van der Waals surface area contributed by atoms with Crippen molar-refractivity contribution in [2.45, 2.75) is 21.6 Å². The van der Waals surface area contributed by atoms with Crippen molar-refractivity contribution in [1.82, 2.24) is 0 Å². The van der Waals surface area contributed by atoms with E-state index in [0.29, 0.717) is 0 Å². The minimum atomic E-state index is -5.79. The second kappa shape index (κ2) is 8.39. The second-order valence-corrected chi connectivity index (χ2v) is 9.06. The third-order valence-electron chi connectivity index (χ3n) is 3.27. The van der Waals surface area contributed by atoms with Gasteiger partial charge >= 0.3 is 37.7 Å². The van der Waals surface area contributed by atoms with E-state index in [1.807, 2.05) is 0 Å². The molecule has 0 radical (unpaired) electrons. The Morgan fingerprint density at radius 3 is 1.59 bits per heavy atom. The van der Waals surface area contributed by atoms with Gasteiger partial charge in [-0.3, -0.25) is 4.55 Å². The van der Waals surface area contributed by atoms with Crippen LogP contribution in [0.25, 0.3) is 16.3 Å². The Kier molecular flexibility index (Phi) is 8.19. The van der Waals surface area contributed by atoms with E-state index >= 15 is 0 Å². The number of hydrogen-bond acceptors (Lipinski definition) is 8. The zero-order valence-electron chi connectivity index (χ0n) is 14.5. The smallest absolute Gasteiger partial charge is 0.744 e. The summed E-state index contributed by atoms with van der Waals surface area (Å²) in [7, 11) is -16.8. The van der Waals surface area contributed by atoms with Crippen molar-refractivity contribution < 1.29 is 76.6 Å². The third kappa shape index (κ3) is 5.05. The maximum absolute atomic E-state index is 11.8. The molecule has 0 unspecified atom stereocenters. The van der Waals surface area contributed by atoms with E-state index in [4.69, 9.17) is 0 Å². The first-order chi connectivity index (χ1) is 11.2. The number of fused-ring (bicyclic) bond motifs is 1. The first-order valence-electron chi connectivity index (χ1n) is 6.31. The molecule has 0 spiro atoms. The summed E-state index contributed by atoms with van der Waals surface area (Å²) in [5.74, 6) is 0. The van der Waals surface area contributed by atoms with Crippen LogP contribution in [-0.4, -0.2) is 38.9 Å². The zero-order chi connectivity index (χ0) is 19.4. The molecule has 2 aromatic carbocycles. The number of allylic oxidation sites excluding steroid dienone is 1. The molecular weight excluding hydrogens is 410 g/mol. The molecule has 0 heterocycles. The monoisotopic (exact) mass is 420 g/mol. The van der Waals surface area contributed by atoms with E-state index in [0.717, 1.165) is 6.07 Å². The Balaban J connectivity index is 0.00000338. The van der Waals surface area contributed by atoms with Crippen LogP contribution in [-0.2, 0) is 30.4 Å². The van der Waals surface area contributed by atoms with Crippen LogP contribution in [0.2, 0.25) is 0 Å². The minimum Gasteiger partial charge on any atom is -0.744 e. The maximum atomic E-state index is 11.8. The first-order valence-corrected chi connectivity index (χ1v) is 10.6. The van der Waals surface area contributed by atoms with E-state index in [9.17, 15) is 38.9 Å². The first kappa shape index (κ1) is 26.4. The molecule has 9 nitrogen and oxygen atoms in total. The predicted molar refractivity (Wildman–Crippen MR) is 84.4 cm³/mol. The topological polar surface area (TPSA) is 169 Å². The summed E-state index contributed by atoms with van der Waals surface area (Å²) in [4.78, 5) is -4.83. The van der Waals surface area contributed by atoms with Crippen molar-refractivity contribution in [3.05, 3.63) is 36.4 Å². The van der Waals surface area contributed by atoms with Crippen LogP contribution in [0.3, 0.4) is 0 Å². The van der Waals surface area contributed by atoms with Gasteiger partial charge in [-0.25, -0.2) is 16.8 Å². The van der Waals surface area contributed by atoms with Crippen LogP contribution >= 0.6 is 0 Å². The molecule has 0 aliphatic rings.